The fourth-order valence-electron chi connectivity index (χ4n) is 2.00. The molecule has 94 valence electrons. The van der Waals surface area contributed by atoms with Gasteiger partial charge in [-0.2, -0.15) is 10.5 Å². The molecule has 0 bridgehead atoms. The minimum atomic E-state index is 0.242. The van der Waals surface area contributed by atoms with Crippen LogP contribution in [0.2, 0.25) is 0 Å². The van der Waals surface area contributed by atoms with Gasteiger partial charge in [-0.3, -0.25) is 4.98 Å². The number of hydrogen-bond donors (Lipinski definition) is 0. The quantitative estimate of drug-likeness (QED) is 0.814. The Bertz CT molecular complexity index is 506. The van der Waals surface area contributed by atoms with Crippen LogP contribution in [0, 0.1) is 36.5 Å². The molecule has 0 amide bonds. The second kappa shape index (κ2) is 6.02. The third-order valence-electron chi connectivity index (χ3n) is 2.82. The highest BCUT2D eigenvalue weighted by Gasteiger charge is 2.17. The van der Waals surface area contributed by atoms with Crippen molar-refractivity contribution in [3.63, 3.8) is 0 Å². The van der Waals surface area contributed by atoms with Crippen molar-refractivity contribution in [2.24, 2.45) is 0 Å². The number of aromatic nitrogens is 1. The minimum Gasteiger partial charge on any atom is -0.367 e. The lowest BCUT2D eigenvalue weighted by Crippen LogP contribution is -2.32. The Kier molecular flexibility index (Phi) is 4.68. The Morgan fingerprint density at radius 2 is 2.00 bits per heavy atom. The van der Waals surface area contributed by atoms with Crippen molar-refractivity contribution >= 4 is 5.69 Å². The van der Waals surface area contributed by atoms with E-state index in [1.54, 1.807) is 0 Å². The van der Waals surface area contributed by atoms with Gasteiger partial charge in [0, 0.05) is 18.3 Å². The van der Waals surface area contributed by atoms with Gasteiger partial charge < -0.3 is 4.90 Å². The van der Waals surface area contributed by atoms with Crippen molar-refractivity contribution < 1.29 is 0 Å². The van der Waals surface area contributed by atoms with Gasteiger partial charge >= 0.3 is 0 Å². The van der Waals surface area contributed by atoms with E-state index >= 15 is 0 Å². The first-order valence-corrected chi connectivity index (χ1v) is 6.03. The van der Waals surface area contributed by atoms with E-state index in [0.717, 1.165) is 17.1 Å². The first-order valence-electron chi connectivity index (χ1n) is 6.03. The Hall–Kier alpha value is -2.07. The molecule has 0 aliphatic carbocycles. The van der Waals surface area contributed by atoms with Gasteiger partial charge in [0.05, 0.1) is 29.4 Å². The number of anilines is 1. The molecule has 1 aromatic rings. The van der Waals surface area contributed by atoms with Gasteiger partial charge in [-0.25, -0.2) is 0 Å². The second-order valence-corrected chi connectivity index (χ2v) is 4.55. The molecule has 18 heavy (non-hydrogen) atoms. The standard InChI is InChI=1S/C14H18N4/c1-10(2)18(7-5-6-15)14-8-11(3)17-12(4)13(14)9-16/h8,10H,5,7H2,1-4H3. The van der Waals surface area contributed by atoms with E-state index in [-0.39, 0.29) is 6.04 Å². The predicted octanol–water partition coefficient (Wildman–Crippen LogP) is 2.70. The third-order valence-corrected chi connectivity index (χ3v) is 2.82. The normalized spacial score (nSPS) is 9.94. The van der Waals surface area contributed by atoms with Crippen molar-refractivity contribution in [3.05, 3.63) is 23.0 Å². The van der Waals surface area contributed by atoms with Crippen molar-refractivity contribution in [3.8, 4) is 12.1 Å². The van der Waals surface area contributed by atoms with Crippen LogP contribution in [-0.2, 0) is 0 Å². The van der Waals surface area contributed by atoms with Gasteiger partial charge in [0.25, 0.3) is 0 Å². The summed E-state index contributed by atoms with van der Waals surface area (Å²) >= 11 is 0. The number of pyridine rings is 1. The first-order chi connectivity index (χ1) is 8.51. The summed E-state index contributed by atoms with van der Waals surface area (Å²) in [5.41, 5.74) is 3.12. The molecule has 1 rings (SSSR count). The number of rotatable bonds is 4. The number of nitrogens with zero attached hydrogens (tertiary/aromatic N) is 4. The fraction of sp³-hybridized carbons (Fsp3) is 0.500. The summed E-state index contributed by atoms with van der Waals surface area (Å²) in [4.78, 5) is 6.40. The molecule has 1 heterocycles. The molecule has 0 atom stereocenters. The first kappa shape index (κ1) is 14.0. The molecule has 0 fully saturated rings. The zero-order valence-corrected chi connectivity index (χ0v) is 11.4. The third kappa shape index (κ3) is 2.99. The lowest BCUT2D eigenvalue weighted by atomic mass is 10.1. The average molecular weight is 242 g/mol. The van der Waals surface area contributed by atoms with Gasteiger partial charge in [-0.15, -0.1) is 0 Å². The minimum absolute atomic E-state index is 0.242. The molecule has 0 spiro atoms. The topological polar surface area (TPSA) is 63.7 Å². The van der Waals surface area contributed by atoms with Gasteiger partial charge in [-0.05, 0) is 33.8 Å². The smallest absolute Gasteiger partial charge is 0.103 e. The number of aryl methyl sites for hydroxylation is 2. The monoisotopic (exact) mass is 242 g/mol. The van der Waals surface area contributed by atoms with Crippen LogP contribution in [0.4, 0.5) is 5.69 Å². The number of hydrogen-bond acceptors (Lipinski definition) is 4. The maximum atomic E-state index is 9.26. The summed E-state index contributed by atoms with van der Waals surface area (Å²) in [6, 6.07) is 6.53. The molecule has 0 radical (unpaired) electrons. The largest absolute Gasteiger partial charge is 0.367 e. The molecule has 0 aromatic carbocycles. The highest BCUT2D eigenvalue weighted by atomic mass is 15.2. The zero-order chi connectivity index (χ0) is 13.7. The van der Waals surface area contributed by atoms with E-state index < -0.39 is 0 Å². The van der Waals surface area contributed by atoms with Gasteiger partial charge in [0.1, 0.15) is 6.07 Å². The Balaban J connectivity index is 3.28. The molecule has 0 N–H and O–H groups in total. The zero-order valence-electron chi connectivity index (χ0n) is 11.4. The van der Waals surface area contributed by atoms with Crippen LogP contribution in [0.25, 0.3) is 0 Å². The van der Waals surface area contributed by atoms with Crippen LogP contribution < -0.4 is 4.90 Å². The van der Waals surface area contributed by atoms with E-state index in [0.29, 0.717) is 18.5 Å². The number of nitriles is 2. The van der Waals surface area contributed by atoms with Crippen LogP contribution in [-0.4, -0.2) is 17.6 Å². The van der Waals surface area contributed by atoms with Crippen LogP contribution >= 0.6 is 0 Å². The van der Waals surface area contributed by atoms with Crippen molar-refractivity contribution in [2.75, 3.05) is 11.4 Å². The van der Waals surface area contributed by atoms with E-state index in [1.807, 2.05) is 19.9 Å². The summed E-state index contributed by atoms with van der Waals surface area (Å²) in [6.07, 6.45) is 0.448. The highest BCUT2D eigenvalue weighted by molar-refractivity contribution is 5.62. The fourth-order valence-corrected chi connectivity index (χ4v) is 2.00. The lowest BCUT2D eigenvalue weighted by molar-refractivity contribution is 0.684. The van der Waals surface area contributed by atoms with Gasteiger partial charge in [-0.1, -0.05) is 0 Å². The molecule has 4 nitrogen and oxygen atoms in total. The molecule has 0 saturated carbocycles. The molecular formula is C14H18N4. The summed E-state index contributed by atoms with van der Waals surface area (Å²) < 4.78 is 0. The molecular weight excluding hydrogens is 224 g/mol. The molecule has 4 heteroatoms. The van der Waals surface area contributed by atoms with Crippen LogP contribution in [0.5, 0.6) is 0 Å². The van der Waals surface area contributed by atoms with E-state index in [4.69, 9.17) is 5.26 Å². The predicted molar refractivity (Wildman–Crippen MR) is 71.1 cm³/mol. The molecule has 1 aromatic heterocycles. The van der Waals surface area contributed by atoms with E-state index in [9.17, 15) is 5.26 Å². The van der Waals surface area contributed by atoms with Gasteiger partial charge in [0.2, 0.25) is 0 Å². The summed E-state index contributed by atoms with van der Waals surface area (Å²) in [7, 11) is 0. The molecule has 0 aliphatic heterocycles. The second-order valence-electron chi connectivity index (χ2n) is 4.55. The highest BCUT2D eigenvalue weighted by Crippen LogP contribution is 2.25. The maximum Gasteiger partial charge on any atom is 0.103 e. The van der Waals surface area contributed by atoms with Crippen LogP contribution in [0.15, 0.2) is 6.07 Å². The van der Waals surface area contributed by atoms with Crippen LogP contribution in [0.1, 0.15) is 37.2 Å². The van der Waals surface area contributed by atoms with Crippen molar-refractivity contribution in [1.82, 2.24) is 4.98 Å². The summed E-state index contributed by atoms with van der Waals surface area (Å²) in [5.74, 6) is 0. The molecule has 0 unspecified atom stereocenters. The lowest BCUT2D eigenvalue weighted by Gasteiger charge is -2.29. The van der Waals surface area contributed by atoms with Crippen LogP contribution in [0.3, 0.4) is 0 Å². The van der Waals surface area contributed by atoms with Crippen molar-refractivity contribution in [2.45, 2.75) is 40.2 Å². The molecule has 0 saturated heterocycles. The maximum absolute atomic E-state index is 9.26. The molecule has 0 aliphatic rings. The average Bonchev–Trinajstić information content (AvgIpc) is 2.28. The Labute approximate surface area is 108 Å². The summed E-state index contributed by atoms with van der Waals surface area (Å²) in [5, 5.41) is 18.0. The Morgan fingerprint density at radius 3 is 2.50 bits per heavy atom. The SMILES string of the molecule is Cc1cc(N(CCC#N)C(C)C)c(C#N)c(C)n1. The Morgan fingerprint density at radius 1 is 1.33 bits per heavy atom. The summed E-state index contributed by atoms with van der Waals surface area (Å²) in [6.45, 7) is 8.51. The van der Waals surface area contributed by atoms with Crippen molar-refractivity contribution in [1.29, 1.82) is 10.5 Å². The van der Waals surface area contributed by atoms with E-state index in [2.05, 4.69) is 35.9 Å². The van der Waals surface area contributed by atoms with E-state index in [1.165, 1.54) is 0 Å². The van der Waals surface area contributed by atoms with Gasteiger partial charge in [0.15, 0.2) is 0 Å².